The van der Waals surface area contributed by atoms with E-state index in [2.05, 4.69) is 22.9 Å². The van der Waals surface area contributed by atoms with Gasteiger partial charge in [0.15, 0.2) is 5.11 Å². The zero-order valence-corrected chi connectivity index (χ0v) is 6.49. The number of rotatable bonds is 3. The molecule has 0 bridgehead atoms. The van der Waals surface area contributed by atoms with Crippen molar-refractivity contribution >= 4 is 23.3 Å². The molecule has 5 heteroatoms. The van der Waals surface area contributed by atoms with Crippen molar-refractivity contribution in [3.8, 4) is 0 Å². The fourth-order valence-electron chi connectivity index (χ4n) is 0.379. The minimum Gasteiger partial charge on any atom is -0.480 e. The van der Waals surface area contributed by atoms with Crippen molar-refractivity contribution < 1.29 is 9.90 Å². The van der Waals surface area contributed by atoms with Gasteiger partial charge in [-0.25, -0.2) is 0 Å². The lowest BCUT2D eigenvalue weighted by Gasteiger charge is -2.04. The van der Waals surface area contributed by atoms with Crippen molar-refractivity contribution in [2.75, 3.05) is 13.1 Å². The van der Waals surface area contributed by atoms with Crippen LogP contribution in [-0.4, -0.2) is 29.3 Å². The quantitative estimate of drug-likeness (QED) is 0.491. The average Bonchev–Trinajstić information content (AvgIpc) is 1.85. The summed E-state index contributed by atoms with van der Waals surface area (Å²) in [6.07, 6.45) is 0. The van der Waals surface area contributed by atoms with Crippen molar-refractivity contribution in [1.82, 2.24) is 10.6 Å². The van der Waals surface area contributed by atoms with E-state index < -0.39 is 5.97 Å². The van der Waals surface area contributed by atoms with E-state index in [-0.39, 0.29) is 6.54 Å². The van der Waals surface area contributed by atoms with Gasteiger partial charge in [0.25, 0.3) is 0 Å². The molecule has 0 fully saturated rings. The molecule has 10 heavy (non-hydrogen) atoms. The van der Waals surface area contributed by atoms with Crippen molar-refractivity contribution in [3.05, 3.63) is 0 Å². The molecular weight excluding hydrogens is 152 g/mol. The molecule has 0 unspecified atom stereocenters. The van der Waals surface area contributed by atoms with E-state index in [9.17, 15) is 4.79 Å². The minimum absolute atomic E-state index is 0.133. The number of carboxylic acid groups (broad SMARTS) is 1. The summed E-state index contributed by atoms with van der Waals surface area (Å²) in [5.41, 5.74) is 0. The van der Waals surface area contributed by atoms with Crippen LogP contribution in [0.15, 0.2) is 0 Å². The number of thiocarbonyl (C=S) groups is 1. The van der Waals surface area contributed by atoms with Gasteiger partial charge >= 0.3 is 5.97 Å². The van der Waals surface area contributed by atoms with Crippen LogP contribution in [-0.2, 0) is 4.79 Å². The number of nitrogens with one attached hydrogen (secondary N) is 2. The third-order valence-electron chi connectivity index (χ3n) is 0.738. The van der Waals surface area contributed by atoms with Crippen LogP contribution < -0.4 is 10.6 Å². The fourth-order valence-corrected chi connectivity index (χ4v) is 0.595. The smallest absolute Gasteiger partial charge is 0.322 e. The van der Waals surface area contributed by atoms with Gasteiger partial charge in [-0.2, -0.15) is 0 Å². The molecule has 0 saturated heterocycles. The average molecular weight is 162 g/mol. The summed E-state index contributed by atoms with van der Waals surface area (Å²) in [6, 6.07) is 0. The Labute approximate surface area is 64.6 Å². The molecule has 0 heterocycles. The molecule has 0 aromatic rings. The Morgan fingerprint density at radius 3 is 2.60 bits per heavy atom. The maximum absolute atomic E-state index is 9.96. The molecule has 0 rings (SSSR count). The van der Waals surface area contributed by atoms with Crippen LogP contribution in [0.1, 0.15) is 6.92 Å². The molecule has 0 amide bonds. The molecule has 4 nitrogen and oxygen atoms in total. The Morgan fingerprint density at radius 2 is 2.20 bits per heavy atom. The van der Waals surface area contributed by atoms with Crippen molar-refractivity contribution in [2.45, 2.75) is 6.92 Å². The highest BCUT2D eigenvalue weighted by atomic mass is 32.1. The number of aliphatic carboxylic acids is 1. The second-order valence-electron chi connectivity index (χ2n) is 1.61. The van der Waals surface area contributed by atoms with Gasteiger partial charge in [0.05, 0.1) is 0 Å². The summed E-state index contributed by atoms with van der Waals surface area (Å²) >= 11 is 4.69. The molecule has 0 aromatic heterocycles. The van der Waals surface area contributed by atoms with Crippen LogP contribution in [0.5, 0.6) is 0 Å². The first-order chi connectivity index (χ1) is 4.66. The van der Waals surface area contributed by atoms with Crippen LogP contribution in [0, 0.1) is 0 Å². The highest BCUT2D eigenvalue weighted by Crippen LogP contribution is 1.65. The summed E-state index contributed by atoms with van der Waals surface area (Å²) in [6.45, 7) is 2.45. The molecule has 0 atom stereocenters. The monoisotopic (exact) mass is 162 g/mol. The topological polar surface area (TPSA) is 61.4 Å². The molecule has 3 N–H and O–H groups in total. The number of hydrogen-bond acceptors (Lipinski definition) is 2. The van der Waals surface area contributed by atoms with Crippen LogP contribution in [0.3, 0.4) is 0 Å². The Morgan fingerprint density at radius 1 is 1.60 bits per heavy atom. The van der Waals surface area contributed by atoms with Gasteiger partial charge in [-0.15, -0.1) is 0 Å². The van der Waals surface area contributed by atoms with E-state index in [4.69, 9.17) is 5.11 Å². The van der Waals surface area contributed by atoms with E-state index in [1.54, 1.807) is 0 Å². The molecular formula is C5H10N2O2S. The van der Waals surface area contributed by atoms with Crippen LogP contribution in [0.4, 0.5) is 0 Å². The van der Waals surface area contributed by atoms with Crippen LogP contribution in [0.2, 0.25) is 0 Å². The maximum atomic E-state index is 9.96. The summed E-state index contributed by atoms with van der Waals surface area (Å²) in [7, 11) is 0. The van der Waals surface area contributed by atoms with Crippen molar-refractivity contribution in [2.24, 2.45) is 0 Å². The summed E-state index contributed by atoms with van der Waals surface area (Å²) < 4.78 is 0. The molecule has 58 valence electrons. The van der Waals surface area contributed by atoms with Gasteiger partial charge in [-0.05, 0) is 19.1 Å². The largest absolute Gasteiger partial charge is 0.480 e. The third-order valence-corrected chi connectivity index (χ3v) is 1.03. The van der Waals surface area contributed by atoms with Gasteiger partial charge in [-0.1, -0.05) is 0 Å². The lowest BCUT2D eigenvalue weighted by atomic mass is 10.6. The Balaban J connectivity index is 3.30. The van der Waals surface area contributed by atoms with E-state index in [0.29, 0.717) is 11.7 Å². The standard InChI is InChI=1S/C5H10N2O2S/c1-2-6-5(10)7-3-4(8)9/h2-3H2,1H3,(H,8,9)(H2,6,7,10). The van der Waals surface area contributed by atoms with E-state index >= 15 is 0 Å². The minimum atomic E-state index is -0.916. The lowest BCUT2D eigenvalue weighted by Crippen LogP contribution is -2.37. The molecule has 0 saturated carbocycles. The van der Waals surface area contributed by atoms with E-state index in [0.717, 1.165) is 0 Å². The Hall–Kier alpha value is -0.840. The normalized spacial score (nSPS) is 8.50. The van der Waals surface area contributed by atoms with Crippen LogP contribution >= 0.6 is 12.2 Å². The molecule has 0 aliphatic rings. The molecule has 0 aliphatic carbocycles. The molecule has 0 spiro atoms. The number of carbonyl (C=O) groups is 1. The predicted octanol–water partition coefficient (Wildman–Crippen LogP) is -0.445. The number of hydrogen-bond donors (Lipinski definition) is 3. The first-order valence-electron chi connectivity index (χ1n) is 2.90. The Bertz CT molecular complexity index is 138. The first-order valence-corrected chi connectivity index (χ1v) is 3.31. The summed E-state index contributed by atoms with van der Waals surface area (Å²) in [4.78, 5) is 9.96. The van der Waals surface area contributed by atoms with Crippen molar-refractivity contribution in [1.29, 1.82) is 0 Å². The van der Waals surface area contributed by atoms with E-state index in [1.165, 1.54) is 0 Å². The Kier molecular flexibility index (Phi) is 4.57. The lowest BCUT2D eigenvalue weighted by molar-refractivity contribution is -0.135. The van der Waals surface area contributed by atoms with Gasteiger partial charge in [0.1, 0.15) is 6.54 Å². The molecule has 0 aliphatic heterocycles. The summed E-state index contributed by atoms with van der Waals surface area (Å²) in [5, 5.41) is 13.8. The number of carboxylic acids is 1. The van der Waals surface area contributed by atoms with Gasteiger partial charge in [0, 0.05) is 6.54 Å². The van der Waals surface area contributed by atoms with Gasteiger partial charge in [-0.3, -0.25) is 4.79 Å². The second kappa shape index (κ2) is 4.99. The van der Waals surface area contributed by atoms with Crippen molar-refractivity contribution in [3.63, 3.8) is 0 Å². The molecule has 0 aromatic carbocycles. The maximum Gasteiger partial charge on any atom is 0.322 e. The van der Waals surface area contributed by atoms with E-state index in [1.807, 2.05) is 6.92 Å². The predicted molar refractivity (Wildman–Crippen MR) is 41.9 cm³/mol. The first kappa shape index (κ1) is 9.16. The summed E-state index contributed by atoms with van der Waals surface area (Å²) in [5.74, 6) is -0.916. The highest BCUT2D eigenvalue weighted by molar-refractivity contribution is 7.80. The second-order valence-corrected chi connectivity index (χ2v) is 2.01. The van der Waals surface area contributed by atoms with Gasteiger partial charge < -0.3 is 15.7 Å². The van der Waals surface area contributed by atoms with Crippen LogP contribution in [0.25, 0.3) is 0 Å². The zero-order valence-electron chi connectivity index (χ0n) is 5.68. The van der Waals surface area contributed by atoms with Gasteiger partial charge in [0.2, 0.25) is 0 Å². The highest BCUT2D eigenvalue weighted by Gasteiger charge is 1.96. The fraction of sp³-hybridized carbons (Fsp3) is 0.600. The third kappa shape index (κ3) is 5.30. The zero-order chi connectivity index (χ0) is 7.98. The molecule has 0 radical (unpaired) electrons. The SMILES string of the molecule is CCNC(=S)NCC(=O)O.